The second-order valence-electron chi connectivity index (χ2n) is 5.41. The molecule has 26 heavy (non-hydrogen) atoms. The van der Waals surface area contributed by atoms with Crippen LogP contribution in [-0.2, 0) is 20.8 Å². The number of carboxylic acid groups (broad SMARTS) is 3. The van der Waals surface area contributed by atoms with E-state index in [2.05, 4.69) is 5.32 Å². The lowest BCUT2D eigenvalue weighted by Gasteiger charge is -2.29. The molecule has 140 valence electrons. The van der Waals surface area contributed by atoms with E-state index in [0.29, 0.717) is 6.42 Å². The van der Waals surface area contributed by atoms with Crippen molar-refractivity contribution in [2.45, 2.75) is 17.4 Å². The van der Waals surface area contributed by atoms with Crippen LogP contribution in [-0.4, -0.2) is 70.3 Å². The highest BCUT2D eigenvalue weighted by atomic mass is 32.2. The van der Waals surface area contributed by atoms with E-state index in [-0.39, 0.29) is 13.1 Å². The summed E-state index contributed by atoms with van der Waals surface area (Å²) in [7, 11) is 0. The highest BCUT2D eigenvalue weighted by Gasteiger charge is 2.23. The highest BCUT2D eigenvalue weighted by molar-refractivity contribution is 8.03. The Kier molecular flexibility index (Phi) is 9.14. The molecule has 0 bridgehead atoms. The topological polar surface area (TPSA) is 151 Å². The first-order valence-electron chi connectivity index (χ1n) is 7.56. The average molecular weight is 381 g/mol. The second-order valence-corrected chi connectivity index (χ2v) is 6.27. The van der Waals surface area contributed by atoms with Crippen molar-refractivity contribution < 1.29 is 29.7 Å². The maximum Gasteiger partial charge on any atom is 0.317 e. The zero-order chi connectivity index (χ0) is 19.5. The van der Waals surface area contributed by atoms with Gasteiger partial charge in [-0.2, -0.15) is 5.26 Å². The van der Waals surface area contributed by atoms with Gasteiger partial charge in [-0.05, 0) is 35.9 Å². The molecule has 0 heterocycles. The van der Waals surface area contributed by atoms with Crippen molar-refractivity contribution in [2.24, 2.45) is 0 Å². The van der Waals surface area contributed by atoms with Crippen molar-refractivity contribution in [1.82, 2.24) is 10.2 Å². The SMILES string of the molecule is N#CSc1ccc(C[C@H](CNCC(=O)O)N(CC(=O)O)CC(=O)O)cc1. The number of hydrogen-bond donors (Lipinski definition) is 4. The Morgan fingerprint density at radius 1 is 1.08 bits per heavy atom. The molecule has 1 aromatic rings. The first kappa shape index (κ1) is 21.4. The molecule has 0 radical (unpaired) electrons. The van der Waals surface area contributed by atoms with Crippen molar-refractivity contribution in [2.75, 3.05) is 26.2 Å². The fourth-order valence-electron chi connectivity index (χ4n) is 2.36. The van der Waals surface area contributed by atoms with Crippen molar-refractivity contribution in [3.8, 4) is 5.40 Å². The summed E-state index contributed by atoms with van der Waals surface area (Å²) in [6, 6.07) is 6.48. The van der Waals surface area contributed by atoms with Crippen LogP contribution in [0.1, 0.15) is 5.56 Å². The van der Waals surface area contributed by atoms with Crippen LogP contribution < -0.4 is 5.32 Å². The molecule has 0 spiro atoms. The van der Waals surface area contributed by atoms with Gasteiger partial charge in [0.2, 0.25) is 0 Å². The highest BCUT2D eigenvalue weighted by Crippen LogP contribution is 2.18. The first-order valence-corrected chi connectivity index (χ1v) is 8.38. The zero-order valence-corrected chi connectivity index (χ0v) is 14.6. The van der Waals surface area contributed by atoms with Gasteiger partial charge < -0.3 is 20.6 Å². The third kappa shape index (κ3) is 8.48. The van der Waals surface area contributed by atoms with E-state index < -0.39 is 37.0 Å². The molecule has 10 heteroatoms. The molecule has 0 amide bonds. The minimum absolute atomic E-state index is 0.113. The summed E-state index contributed by atoms with van der Waals surface area (Å²) in [5.74, 6) is -3.41. The molecule has 0 fully saturated rings. The van der Waals surface area contributed by atoms with Gasteiger partial charge >= 0.3 is 17.9 Å². The summed E-state index contributed by atoms with van der Waals surface area (Å²) in [5, 5.41) is 40.1. The molecule has 0 aliphatic carbocycles. The monoisotopic (exact) mass is 381 g/mol. The predicted molar refractivity (Wildman–Crippen MR) is 92.8 cm³/mol. The van der Waals surface area contributed by atoms with Gasteiger partial charge in [-0.25, -0.2) is 0 Å². The van der Waals surface area contributed by atoms with E-state index in [9.17, 15) is 14.4 Å². The molecule has 1 aromatic carbocycles. The van der Waals surface area contributed by atoms with Gasteiger partial charge in [0.15, 0.2) is 0 Å². The van der Waals surface area contributed by atoms with Crippen LogP contribution in [0, 0.1) is 10.7 Å². The molecule has 0 aliphatic rings. The van der Waals surface area contributed by atoms with E-state index in [1.165, 1.54) is 4.90 Å². The van der Waals surface area contributed by atoms with Crippen LogP contribution in [0.25, 0.3) is 0 Å². The number of rotatable bonds is 12. The Morgan fingerprint density at radius 2 is 1.65 bits per heavy atom. The number of nitrogens with zero attached hydrogens (tertiary/aromatic N) is 2. The first-order chi connectivity index (χ1) is 12.3. The van der Waals surface area contributed by atoms with Crippen molar-refractivity contribution >= 4 is 29.7 Å². The van der Waals surface area contributed by atoms with E-state index >= 15 is 0 Å². The molecule has 0 saturated carbocycles. The number of carbonyl (C=O) groups is 3. The normalized spacial score (nSPS) is 11.7. The Morgan fingerprint density at radius 3 is 2.12 bits per heavy atom. The standard InChI is InChI=1S/C16H19N3O6S/c17-10-26-13-3-1-11(2-4-13)5-12(6-18-7-14(20)21)19(8-15(22)23)9-16(24)25/h1-4,12,18H,5-9H2,(H,20,21)(H,22,23)(H,24,25)/t12-/m1/s1. The van der Waals surface area contributed by atoms with Gasteiger partial charge in [0.1, 0.15) is 5.40 Å². The molecule has 4 N–H and O–H groups in total. The summed E-state index contributed by atoms with van der Waals surface area (Å²) < 4.78 is 0. The summed E-state index contributed by atoms with van der Waals surface area (Å²) >= 11 is 1.01. The van der Waals surface area contributed by atoms with Gasteiger partial charge in [0.25, 0.3) is 0 Å². The van der Waals surface area contributed by atoms with Crippen LogP contribution in [0.2, 0.25) is 0 Å². The second kappa shape index (κ2) is 11.1. The van der Waals surface area contributed by atoms with Gasteiger partial charge in [-0.15, -0.1) is 0 Å². The van der Waals surface area contributed by atoms with E-state index in [0.717, 1.165) is 22.2 Å². The third-order valence-electron chi connectivity index (χ3n) is 3.41. The Balaban J connectivity index is 2.92. The molecule has 0 unspecified atom stereocenters. The number of aliphatic carboxylic acids is 3. The number of nitriles is 1. The van der Waals surface area contributed by atoms with Crippen LogP contribution in [0.3, 0.4) is 0 Å². The number of thioether (sulfide) groups is 1. The number of nitrogens with one attached hydrogen (secondary N) is 1. The Labute approximate surface area is 154 Å². The largest absolute Gasteiger partial charge is 0.480 e. The number of hydrogen-bond acceptors (Lipinski definition) is 7. The predicted octanol–water partition coefficient (Wildman–Crippen LogP) is 0.316. The van der Waals surface area contributed by atoms with E-state index in [4.69, 9.17) is 20.6 Å². The lowest BCUT2D eigenvalue weighted by atomic mass is 10.0. The van der Waals surface area contributed by atoms with E-state index in [1.807, 2.05) is 5.40 Å². The summed E-state index contributed by atoms with van der Waals surface area (Å²) in [4.78, 5) is 34.8. The smallest absolute Gasteiger partial charge is 0.317 e. The van der Waals surface area contributed by atoms with Gasteiger partial charge in [-0.1, -0.05) is 12.1 Å². The Hall–Kier alpha value is -2.61. The minimum Gasteiger partial charge on any atom is -0.480 e. The maximum atomic E-state index is 11.1. The molecule has 0 saturated heterocycles. The molecule has 0 aromatic heterocycles. The molecular weight excluding hydrogens is 362 g/mol. The average Bonchev–Trinajstić information content (AvgIpc) is 2.54. The zero-order valence-electron chi connectivity index (χ0n) is 13.8. The molecule has 0 aliphatic heterocycles. The number of carboxylic acids is 3. The fraction of sp³-hybridized carbons (Fsp3) is 0.375. The quantitative estimate of drug-likeness (QED) is 0.294. The fourth-order valence-corrected chi connectivity index (χ4v) is 2.73. The molecule has 1 rings (SSSR count). The number of benzene rings is 1. The molecular formula is C16H19N3O6S. The van der Waals surface area contributed by atoms with Gasteiger partial charge in [0.05, 0.1) is 19.6 Å². The van der Waals surface area contributed by atoms with Gasteiger partial charge in [-0.3, -0.25) is 19.3 Å². The van der Waals surface area contributed by atoms with Crippen molar-refractivity contribution in [3.05, 3.63) is 29.8 Å². The lowest BCUT2D eigenvalue weighted by Crippen LogP contribution is -2.48. The molecule has 1 atom stereocenters. The maximum absolute atomic E-state index is 11.1. The third-order valence-corrected chi connectivity index (χ3v) is 4.01. The van der Waals surface area contributed by atoms with E-state index in [1.54, 1.807) is 24.3 Å². The van der Waals surface area contributed by atoms with Crippen LogP contribution >= 0.6 is 11.8 Å². The van der Waals surface area contributed by atoms with Crippen LogP contribution in [0.5, 0.6) is 0 Å². The lowest BCUT2D eigenvalue weighted by molar-refractivity contribution is -0.143. The molecule has 9 nitrogen and oxygen atoms in total. The van der Waals surface area contributed by atoms with Crippen LogP contribution in [0.15, 0.2) is 29.2 Å². The Bertz CT molecular complexity index is 658. The summed E-state index contributed by atoms with van der Waals surface area (Å²) in [6.07, 6.45) is 0.324. The van der Waals surface area contributed by atoms with Crippen LogP contribution in [0.4, 0.5) is 0 Å². The van der Waals surface area contributed by atoms with Crippen molar-refractivity contribution in [1.29, 1.82) is 5.26 Å². The minimum atomic E-state index is -1.17. The van der Waals surface area contributed by atoms with Crippen molar-refractivity contribution in [3.63, 3.8) is 0 Å². The number of thiocyanates is 1. The summed E-state index contributed by atoms with van der Waals surface area (Å²) in [5.41, 5.74) is 0.815. The van der Waals surface area contributed by atoms with Gasteiger partial charge in [0, 0.05) is 17.5 Å². The summed E-state index contributed by atoms with van der Waals surface area (Å²) in [6.45, 7) is -1.16.